The van der Waals surface area contributed by atoms with Gasteiger partial charge in [-0.2, -0.15) is 0 Å². The summed E-state index contributed by atoms with van der Waals surface area (Å²) in [4.78, 5) is 2.35. The average Bonchev–Trinajstić information content (AvgIpc) is 3.06. The van der Waals surface area contributed by atoms with Crippen molar-refractivity contribution in [3.8, 4) is 0 Å². The molecule has 0 spiro atoms. The molecule has 0 radical (unpaired) electrons. The molecule has 2 unspecified atom stereocenters. The van der Waals surface area contributed by atoms with Crippen molar-refractivity contribution in [3.63, 3.8) is 0 Å². The zero-order valence-electron chi connectivity index (χ0n) is 11.7. The van der Waals surface area contributed by atoms with Crippen molar-refractivity contribution in [3.05, 3.63) is 40.9 Å². The number of rotatable bonds is 4. The number of anilines is 1. The van der Waals surface area contributed by atoms with E-state index in [1.807, 2.05) is 6.07 Å². The fourth-order valence-corrected chi connectivity index (χ4v) is 3.77. The van der Waals surface area contributed by atoms with Gasteiger partial charge < -0.3 is 10.6 Å². The lowest BCUT2D eigenvalue weighted by Gasteiger charge is -2.19. The van der Waals surface area contributed by atoms with Gasteiger partial charge in [0.15, 0.2) is 0 Å². The van der Waals surface area contributed by atoms with Crippen LogP contribution in [0.15, 0.2) is 30.3 Å². The van der Waals surface area contributed by atoms with Gasteiger partial charge in [-0.05, 0) is 31.4 Å². The Balaban J connectivity index is 1.71. The molecule has 0 aliphatic carbocycles. The third-order valence-electron chi connectivity index (χ3n) is 3.89. The maximum Gasteiger partial charge on any atom is 0.208 e. The van der Waals surface area contributed by atoms with Crippen LogP contribution in [0.25, 0.3) is 0 Å². The van der Waals surface area contributed by atoms with Crippen molar-refractivity contribution in [1.82, 2.24) is 10.2 Å². The minimum absolute atomic E-state index is 0.515. The average molecular weight is 288 g/mol. The van der Waals surface area contributed by atoms with Gasteiger partial charge in [0.2, 0.25) is 5.13 Å². The first-order valence-electron chi connectivity index (χ1n) is 7.09. The molecular weight excluding hydrogens is 268 g/mol. The van der Waals surface area contributed by atoms with Gasteiger partial charge in [-0.15, -0.1) is 10.2 Å². The first kappa shape index (κ1) is 13.5. The summed E-state index contributed by atoms with van der Waals surface area (Å²) in [7, 11) is 0. The summed E-state index contributed by atoms with van der Waals surface area (Å²) < 4.78 is 0. The van der Waals surface area contributed by atoms with Crippen LogP contribution in [0.4, 0.5) is 5.13 Å². The molecule has 1 aliphatic rings. The van der Waals surface area contributed by atoms with Gasteiger partial charge in [0, 0.05) is 19.0 Å². The van der Waals surface area contributed by atoms with Crippen LogP contribution in [0.3, 0.4) is 0 Å². The Morgan fingerprint density at radius 2 is 2.10 bits per heavy atom. The van der Waals surface area contributed by atoms with E-state index in [-0.39, 0.29) is 0 Å². The van der Waals surface area contributed by atoms with Crippen molar-refractivity contribution in [1.29, 1.82) is 0 Å². The van der Waals surface area contributed by atoms with E-state index in [9.17, 15) is 0 Å². The number of nitrogens with zero attached hydrogens (tertiary/aromatic N) is 3. The van der Waals surface area contributed by atoms with Crippen LogP contribution in [0.5, 0.6) is 0 Å². The van der Waals surface area contributed by atoms with E-state index in [1.54, 1.807) is 11.3 Å². The Hall–Kier alpha value is -1.46. The molecule has 4 nitrogen and oxygen atoms in total. The Kier molecular flexibility index (Phi) is 3.98. The minimum Gasteiger partial charge on any atom is -0.344 e. The summed E-state index contributed by atoms with van der Waals surface area (Å²) in [6.07, 6.45) is 2.02. The molecule has 20 heavy (non-hydrogen) atoms. The van der Waals surface area contributed by atoms with Gasteiger partial charge in [0.05, 0.1) is 0 Å². The van der Waals surface area contributed by atoms with Crippen molar-refractivity contribution in [2.24, 2.45) is 11.7 Å². The second-order valence-corrected chi connectivity index (χ2v) is 6.52. The predicted octanol–water partition coefficient (Wildman–Crippen LogP) is 2.30. The standard InChI is InChI=1S/C15H20N4S/c1-11-7-13(9-16)10-19(11)15-18-17-14(20-15)8-12-5-3-2-4-6-12/h2-6,11,13H,7-10,16H2,1H3. The van der Waals surface area contributed by atoms with Crippen molar-refractivity contribution in [2.75, 3.05) is 18.0 Å². The number of hydrogen-bond donors (Lipinski definition) is 1. The first-order chi connectivity index (χ1) is 9.76. The summed E-state index contributed by atoms with van der Waals surface area (Å²) in [6.45, 7) is 4.02. The number of nitrogens with two attached hydrogens (primary N) is 1. The summed E-state index contributed by atoms with van der Waals surface area (Å²) in [6, 6.07) is 10.9. The van der Waals surface area contributed by atoms with Crippen LogP contribution >= 0.6 is 11.3 Å². The largest absolute Gasteiger partial charge is 0.344 e. The van der Waals surface area contributed by atoms with Crippen molar-refractivity contribution >= 4 is 16.5 Å². The molecule has 1 saturated heterocycles. The molecule has 1 aliphatic heterocycles. The molecule has 1 aromatic carbocycles. The molecular formula is C15H20N4S. The van der Waals surface area contributed by atoms with Gasteiger partial charge in [-0.25, -0.2) is 0 Å². The van der Waals surface area contributed by atoms with Crippen LogP contribution in [0, 0.1) is 5.92 Å². The van der Waals surface area contributed by atoms with Gasteiger partial charge in [-0.1, -0.05) is 41.7 Å². The Morgan fingerprint density at radius 1 is 1.30 bits per heavy atom. The quantitative estimate of drug-likeness (QED) is 0.938. The lowest BCUT2D eigenvalue weighted by molar-refractivity contribution is 0.579. The fourth-order valence-electron chi connectivity index (χ4n) is 2.78. The maximum absolute atomic E-state index is 5.78. The molecule has 2 N–H and O–H groups in total. The molecule has 1 fully saturated rings. The molecule has 1 aromatic heterocycles. The first-order valence-corrected chi connectivity index (χ1v) is 7.91. The zero-order valence-corrected chi connectivity index (χ0v) is 12.5. The van der Waals surface area contributed by atoms with E-state index in [4.69, 9.17) is 5.73 Å². The fraction of sp³-hybridized carbons (Fsp3) is 0.467. The highest BCUT2D eigenvalue weighted by Crippen LogP contribution is 2.31. The van der Waals surface area contributed by atoms with Crippen molar-refractivity contribution < 1.29 is 0 Å². The molecule has 0 amide bonds. The van der Waals surface area contributed by atoms with Gasteiger partial charge in [0.1, 0.15) is 5.01 Å². The number of hydrogen-bond acceptors (Lipinski definition) is 5. The smallest absolute Gasteiger partial charge is 0.208 e. The highest BCUT2D eigenvalue weighted by molar-refractivity contribution is 7.15. The third kappa shape index (κ3) is 2.83. The van der Waals surface area contributed by atoms with Crippen LogP contribution in [0.1, 0.15) is 23.9 Å². The van der Waals surface area contributed by atoms with Gasteiger partial charge in [0.25, 0.3) is 0 Å². The van der Waals surface area contributed by atoms with E-state index in [0.717, 1.165) is 36.1 Å². The number of benzene rings is 1. The van der Waals surface area contributed by atoms with Crippen molar-refractivity contribution in [2.45, 2.75) is 25.8 Å². The molecule has 2 heterocycles. The highest BCUT2D eigenvalue weighted by atomic mass is 32.1. The van der Waals surface area contributed by atoms with E-state index in [2.05, 4.69) is 46.3 Å². The van der Waals surface area contributed by atoms with E-state index >= 15 is 0 Å². The summed E-state index contributed by atoms with van der Waals surface area (Å²) in [5.41, 5.74) is 7.07. The summed E-state index contributed by atoms with van der Waals surface area (Å²) >= 11 is 1.70. The monoisotopic (exact) mass is 288 g/mol. The van der Waals surface area contributed by atoms with Crippen LogP contribution in [0.2, 0.25) is 0 Å². The van der Waals surface area contributed by atoms with Crippen LogP contribution in [-0.4, -0.2) is 29.3 Å². The SMILES string of the molecule is CC1CC(CN)CN1c1nnc(Cc2ccccc2)s1. The predicted molar refractivity (Wildman–Crippen MR) is 83.1 cm³/mol. The maximum atomic E-state index is 5.78. The lowest BCUT2D eigenvalue weighted by atomic mass is 10.1. The zero-order chi connectivity index (χ0) is 13.9. The summed E-state index contributed by atoms with van der Waals surface area (Å²) in [5.74, 6) is 0.589. The van der Waals surface area contributed by atoms with E-state index in [1.165, 1.54) is 5.56 Å². The Bertz CT molecular complexity index is 554. The number of aromatic nitrogens is 2. The van der Waals surface area contributed by atoms with Gasteiger partial charge in [-0.3, -0.25) is 0 Å². The Labute approximate surface area is 123 Å². The van der Waals surface area contributed by atoms with Crippen LogP contribution < -0.4 is 10.6 Å². The highest BCUT2D eigenvalue weighted by Gasteiger charge is 2.30. The molecule has 2 atom stereocenters. The molecule has 106 valence electrons. The van der Waals surface area contributed by atoms with E-state index in [0.29, 0.717) is 12.0 Å². The van der Waals surface area contributed by atoms with E-state index < -0.39 is 0 Å². The van der Waals surface area contributed by atoms with Gasteiger partial charge >= 0.3 is 0 Å². The molecule has 2 aromatic rings. The molecule has 0 bridgehead atoms. The van der Waals surface area contributed by atoms with Crippen LogP contribution in [-0.2, 0) is 6.42 Å². The minimum atomic E-state index is 0.515. The second-order valence-electron chi connectivity index (χ2n) is 5.48. The Morgan fingerprint density at radius 3 is 2.80 bits per heavy atom. The molecule has 3 rings (SSSR count). The topological polar surface area (TPSA) is 55.0 Å². The normalized spacial score (nSPS) is 22.4. The lowest BCUT2D eigenvalue weighted by Crippen LogP contribution is -2.27. The third-order valence-corrected chi connectivity index (χ3v) is 4.86. The molecule has 0 saturated carbocycles. The second kappa shape index (κ2) is 5.89. The molecule has 5 heteroatoms. The summed E-state index contributed by atoms with van der Waals surface area (Å²) in [5, 5.41) is 10.8.